The fourth-order valence-corrected chi connectivity index (χ4v) is 5.52. The minimum Gasteiger partial charge on any atom is -0.382 e. The van der Waals surface area contributed by atoms with Crippen molar-refractivity contribution >= 4 is 28.1 Å². The number of nitrogens with zero attached hydrogens (tertiary/aromatic N) is 4. The van der Waals surface area contributed by atoms with Crippen LogP contribution in [-0.2, 0) is 4.79 Å². The number of aromatic nitrogens is 4. The van der Waals surface area contributed by atoms with Crippen molar-refractivity contribution in [3.05, 3.63) is 78.9 Å². The Hall–Kier alpha value is -4.26. The molecule has 3 N–H and O–H groups in total. The van der Waals surface area contributed by atoms with Crippen LogP contribution in [-0.4, -0.2) is 31.8 Å². The standard InChI is InChI=1S/C30H30N6O/c1-19(37)33-18-20-7-9-23(10-8-20)30-35-27(28-29(31)32-15-16-36(28)30)24-12-11-22-13-14-25(34-26(22)17-24)21-5-3-2-4-6-21/h2-6,11-17,20,23H,7-10,18H2,1H3,(H2,31,32)(H,33,37)/t20-,23-. The summed E-state index contributed by atoms with van der Waals surface area (Å²) >= 11 is 0. The molecule has 1 aliphatic rings. The van der Waals surface area contributed by atoms with Crippen molar-refractivity contribution < 1.29 is 4.79 Å². The van der Waals surface area contributed by atoms with Crippen LogP contribution in [0.5, 0.6) is 0 Å². The lowest BCUT2D eigenvalue weighted by molar-refractivity contribution is -0.119. The van der Waals surface area contributed by atoms with Gasteiger partial charge >= 0.3 is 0 Å². The molecule has 0 radical (unpaired) electrons. The number of carbonyl (C=O) groups excluding carboxylic acids is 1. The summed E-state index contributed by atoms with van der Waals surface area (Å²) in [7, 11) is 0. The van der Waals surface area contributed by atoms with E-state index in [4.69, 9.17) is 15.7 Å². The molecule has 1 amide bonds. The smallest absolute Gasteiger partial charge is 0.216 e. The Morgan fingerprint density at radius 1 is 1.00 bits per heavy atom. The number of anilines is 1. The molecule has 2 aromatic carbocycles. The van der Waals surface area contributed by atoms with Gasteiger partial charge in [-0.15, -0.1) is 0 Å². The topological polar surface area (TPSA) is 98.2 Å². The minimum atomic E-state index is 0.0368. The van der Waals surface area contributed by atoms with E-state index in [1.807, 2.05) is 24.4 Å². The number of amides is 1. The highest BCUT2D eigenvalue weighted by molar-refractivity contribution is 5.91. The lowest BCUT2D eigenvalue weighted by atomic mass is 9.81. The summed E-state index contributed by atoms with van der Waals surface area (Å²) in [6.45, 7) is 2.33. The van der Waals surface area contributed by atoms with Gasteiger partial charge in [0.1, 0.15) is 22.9 Å². The van der Waals surface area contributed by atoms with Crippen molar-refractivity contribution in [1.82, 2.24) is 24.7 Å². The maximum atomic E-state index is 11.3. The molecule has 0 spiro atoms. The number of pyridine rings is 1. The number of rotatable bonds is 5. The quantitative estimate of drug-likeness (QED) is 0.334. The SMILES string of the molecule is CC(=O)NC[C@H]1CC[C@H](c2nc(-c3ccc4ccc(-c5ccccc5)nc4c3)c3c(N)nccn32)CC1. The van der Waals surface area contributed by atoms with E-state index in [1.54, 1.807) is 13.1 Å². The zero-order valence-electron chi connectivity index (χ0n) is 20.9. The van der Waals surface area contributed by atoms with E-state index < -0.39 is 0 Å². The highest BCUT2D eigenvalue weighted by Gasteiger charge is 2.27. The van der Waals surface area contributed by atoms with Crippen molar-refractivity contribution in [2.45, 2.75) is 38.5 Å². The number of nitrogens with one attached hydrogen (secondary N) is 1. The number of benzene rings is 2. The van der Waals surface area contributed by atoms with Crippen molar-refractivity contribution in [3.63, 3.8) is 0 Å². The lowest BCUT2D eigenvalue weighted by Crippen LogP contribution is -2.29. The molecule has 0 aliphatic heterocycles. The number of nitrogens with two attached hydrogens (primary N) is 1. The molecule has 37 heavy (non-hydrogen) atoms. The Morgan fingerprint density at radius 2 is 1.78 bits per heavy atom. The molecule has 3 aromatic heterocycles. The van der Waals surface area contributed by atoms with E-state index in [1.165, 1.54) is 0 Å². The monoisotopic (exact) mass is 490 g/mol. The predicted octanol–water partition coefficient (Wildman–Crippen LogP) is 5.60. The van der Waals surface area contributed by atoms with Crippen LogP contribution < -0.4 is 11.1 Å². The van der Waals surface area contributed by atoms with E-state index in [0.29, 0.717) is 17.7 Å². The maximum absolute atomic E-state index is 11.3. The summed E-state index contributed by atoms with van der Waals surface area (Å²) in [5, 5.41) is 4.05. The van der Waals surface area contributed by atoms with Crippen molar-refractivity contribution in [3.8, 4) is 22.5 Å². The van der Waals surface area contributed by atoms with Gasteiger partial charge in [-0.05, 0) is 43.7 Å². The van der Waals surface area contributed by atoms with Gasteiger partial charge in [0.05, 0.1) is 11.2 Å². The third-order valence-electron chi connectivity index (χ3n) is 7.50. The number of carbonyl (C=O) groups is 1. The molecule has 1 fully saturated rings. The average Bonchev–Trinajstić information content (AvgIpc) is 3.33. The first-order chi connectivity index (χ1) is 18.1. The molecule has 7 nitrogen and oxygen atoms in total. The molecule has 0 atom stereocenters. The molecule has 3 heterocycles. The summed E-state index contributed by atoms with van der Waals surface area (Å²) < 4.78 is 2.12. The van der Waals surface area contributed by atoms with Crippen molar-refractivity contribution in [2.24, 2.45) is 5.92 Å². The highest BCUT2D eigenvalue weighted by atomic mass is 16.1. The van der Waals surface area contributed by atoms with Crippen LogP contribution in [0.2, 0.25) is 0 Å². The third-order valence-corrected chi connectivity index (χ3v) is 7.50. The first-order valence-electron chi connectivity index (χ1n) is 12.9. The molecular formula is C30H30N6O. The Labute approximate surface area is 215 Å². The van der Waals surface area contributed by atoms with Crippen LogP contribution in [0, 0.1) is 5.92 Å². The lowest BCUT2D eigenvalue weighted by Gasteiger charge is -2.27. The number of imidazole rings is 1. The fourth-order valence-electron chi connectivity index (χ4n) is 5.52. The largest absolute Gasteiger partial charge is 0.382 e. The van der Waals surface area contributed by atoms with Crippen LogP contribution in [0.1, 0.15) is 44.3 Å². The molecular weight excluding hydrogens is 460 g/mol. The summed E-state index contributed by atoms with van der Waals surface area (Å²) in [6, 6.07) is 20.7. The summed E-state index contributed by atoms with van der Waals surface area (Å²) in [6.07, 6.45) is 7.91. The molecule has 7 heteroatoms. The summed E-state index contributed by atoms with van der Waals surface area (Å²) in [5.74, 6) is 2.39. The number of hydrogen-bond donors (Lipinski definition) is 2. The Kier molecular flexibility index (Phi) is 6.04. The highest BCUT2D eigenvalue weighted by Crippen LogP contribution is 2.39. The summed E-state index contributed by atoms with van der Waals surface area (Å²) in [4.78, 5) is 25.8. The first-order valence-corrected chi connectivity index (χ1v) is 12.9. The van der Waals surface area contributed by atoms with Gasteiger partial charge in [-0.2, -0.15) is 0 Å². The van der Waals surface area contributed by atoms with E-state index >= 15 is 0 Å². The molecule has 0 bridgehead atoms. The van der Waals surface area contributed by atoms with Crippen molar-refractivity contribution in [1.29, 1.82) is 0 Å². The van der Waals surface area contributed by atoms with Crippen molar-refractivity contribution in [2.75, 3.05) is 12.3 Å². The minimum absolute atomic E-state index is 0.0368. The number of nitrogen functional groups attached to an aromatic ring is 1. The van der Waals surface area contributed by atoms with Gasteiger partial charge in [-0.1, -0.05) is 48.5 Å². The summed E-state index contributed by atoms with van der Waals surface area (Å²) in [5.41, 5.74) is 12.0. The second-order valence-electron chi connectivity index (χ2n) is 9.97. The second-order valence-corrected chi connectivity index (χ2v) is 9.97. The van der Waals surface area contributed by atoms with Gasteiger partial charge in [-0.25, -0.2) is 15.0 Å². The normalized spacial score (nSPS) is 17.8. The van der Waals surface area contributed by atoms with Gasteiger partial charge in [0, 0.05) is 48.3 Å². The number of fused-ring (bicyclic) bond motifs is 2. The van der Waals surface area contributed by atoms with Gasteiger partial charge < -0.3 is 11.1 Å². The van der Waals surface area contributed by atoms with Gasteiger partial charge in [-0.3, -0.25) is 9.20 Å². The van der Waals surface area contributed by atoms with E-state index in [-0.39, 0.29) is 5.91 Å². The first kappa shape index (κ1) is 23.2. The Balaban J connectivity index is 1.37. The molecule has 0 saturated heterocycles. The van der Waals surface area contributed by atoms with Gasteiger partial charge in [0.2, 0.25) is 5.91 Å². The molecule has 6 rings (SSSR count). The molecule has 186 valence electrons. The zero-order chi connectivity index (χ0) is 25.4. The van der Waals surface area contributed by atoms with Crippen LogP contribution in [0.4, 0.5) is 5.82 Å². The Morgan fingerprint density at radius 3 is 2.57 bits per heavy atom. The number of hydrogen-bond acceptors (Lipinski definition) is 5. The van der Waals surface area contributed by atoms with E-state index in [2.05, 4.69) is 57.2 Å². The van der Waals surface area contributed by atoms with Crippen LogP contribution in [0.25, 0.3) is 38.9 Å². The van der Waals surface area contributed by atoms with E-state index in [0.717, 1.165) is 77.0 Å². The van der Waals surface area contributed by atoms with Crippen LogP contribution in [0.15, 0.2) is 73.1 Å². The van der Waals surface area contributed by atoms with E-state index in [9.17, 15) is 4.79 Å². The molecule has 0 unspecified atom stereocenters. The van der Waals surface area contributed by atoms with Gasteiger partial charge in [0.25, 0.3) is 0 Å². The molecule has 1 aliphatic carbocycles. The second kappa shape index (κ2) is 9.65. The van der Waals surface area contributed by atoms with Crippen LogP contribution >= 0.6 is 0 Å². The molecule has 5 aromatic rings. The fraction of sp³-hybridized carbons (Fsp3) is 0.267. The average molecular weight is 491 g/mol. The zero-order valence-corrected chi connectivity index (χ0v) is 20.9. The predicted molar refractivity (Wildman–Crippen MR) is 147 cm³/mol. The van der Waals surface area contributed by atoms with Crippen LogP contribution in [0.3, 0.4) is 0 Å². The Bertz CT molecular complexity index is 1580. The third kappa shape index (κ3) is 4.53. The maximum Gasteiger partial charge on any atom is 0.216 e. The molecule has 1 saturated carbocycles. The van der Waals surface area contributed by atoms with Gasteiger partial charge in [0.15, 0.2) is 0 Å².